The molecule has 3 N–H and O–H groups in total. The van der Waals surface area contributed by atoms with Gasteiger partial charge in [0.15, 0.2) is 0 Å². The van der Waals surface area contributed by atoms with Crippen LogP contribution in [0.2, 0.25) is 0 Å². The van der Waals surface area contributed by atoms with Crippen LogP contribution in [0.1, 0.15) is 20.3 Å². The first-order valence-corrected chi connectivity index (χ1v) is 5.10. The molecule has 5 nitrogen and oxygen atoms in total. The maximum absolute atomic E-state index is 11.6. The number of rotatable bonds is 3. The molecule has 0 aromatic carbocycles. The molecular weight excluding hydrogens is 194 g/mol. The van der Waals surface area contributed by atoms with Crippen molar-refractivity contribution in [3.63, 3.8) is 0 Å². The number of nitrogens with one attached hydrogen (secondary N) is 1. The minimum Gasteiger partial charge on any atom is -0.354 e. The molecule has 1 unspecified atom stereocenters. The molecule has 1 aliphatic heterocycles. The van der Waals surface area contributed by atoms with Gasteiger partial charge in [-0.1, -0.05) is 0 Å². The molecule has 2 amide bonds. The van der Waals surface area contributed by atoms with Crippen LogP contribution in [0.25, 0.3) is 0 Å². The third-order valence-electron chi connectivity index (χ3n) is 2.43. The van der Waals surface area contributed by atoms with Gasteiger partial charge in [-0.2, -0.15) is 0 Å². The number of nitrogens with two attached hydrogens (primary N) is 1. The highest BCUT2D eigenvalue weighted by Gasteiger charge is 2.32. The Hall–Kier alpha value is -1.10. The Morgan fingerprint density at radius 3 is 2.67 bits per heavy atom. The van der Waals surface area contributed by atoms with Crippen molar-refractivity contribution in [2.75, 3.05) is 20.1 Å². The van der Waals surface area contributed by atoms with Gasteiger partial charge in [0, 0.05) is 32.1 Å². The third-order valence-corrected chi connectivity index (χ3v) is 2.43. The fourth-order valence-electron chi connectivity index (χ4n) is 1.50. The third kappa shape index (κ3) is 3.51. The molecule has 0 aromatic heterocycles. The van der Waals surface area contributed by atoms with Crippen LogP contribution in [0.3, 0.4) is 0 Å². The summed E-state index contributed by atoms with van der Waals surface area (Å²) in [6, 6.07) is 0. The van der Waals surface area contributed by atoms with E-state index in [1.54, 1.807) is 11.9 Å². The van der Waals surface area contributed by atoms with Gasteiger partial charge >= 0.3 is 0 Å². The van der Waals surface area contributed by atoms with E-state index in [1.165, 1.54) is 0 Å². The molecule has 0 aromatic rings. The van der Waals surface area contributed by atoms with Crippen molar-refractivity contribution in [1.29, 1.82) is 0 Å². The van der Waals surface area contributed by atoms with Crippen molar-refractivity contribution < 1.29 is 9.59 Å². The molecule has 0 saturated carbocycles. The number of carbonyl (C=O) groups is 2. The topological polar surface area (TPSA) is 75.4 Å². The standard InChI is InChI=1S/C10H19N3O2/c1-10(2,11)6-12-9(15)7-4-8(14)13(3)5-7/h7H,4-6,11H2,1-3H3,(H,12,15). The lowest BCUT2D eigenvalue weighted by Gasteiger charge is -2.20. The summed E-state index contributed by atoms with van der Waals surface area (Å²) in [5.74, 6) is -0.266. The van der Waals surface area contributed by atoms with Crippen molar-refractivity contribution in [3.8, 4) is 0 Å². The highest BCUT2D eigenvalue weighted by atomic mass is 16.2. The molecule has 0 spiro atoms. The van der Waals surface area contributed by atoms with Crippen LogP contribution in [-0.2, 0) is 9.59 Å². The van der Waals surface area contributed by atoms with E-state index in [0.29, 0.717) is 19.5 Å². The summed E-state index contributed by atoms with van der Waals surface area (Å²) < 4.78 is 0. The smallest absolute Gasteiger partial charge is 0.225 e. The zero-order valence-corrected chi connectivity index (χ0v) is 9.54. The number of hydrogen-bond acceptors (Lipinski definition) is 3. The van der Waals surface area contributed by atoms with Crippen molar-refractivity contribution in [3.05, 3.63) is 0 Å². The van der Waals surface area contributed by atoms with E-state index >= 15 is 0 Å². The Kier molecular flexibility index (Phi) is 3.34. The Labute approximate surface area is 90.0 Å². The van der Waals surface area contributed by atoms with Crippen LogP contribution in [0.4, 0.5) is 0 Å². The van der Waals surface area contributed by atoms with E-state index < -0.39 is 5.54 Å². The molecule has 0 radical (unpaired) electrons. The Morgan fingerprint density at radius 1 is 1.67 bits per heavy atom. The summed E-state index contributed by atoms with van der Waals surface area (Å²) in [7, 11) is 1.71. The minimum atomic E-state index is -0.413. The summed E-state index contributed by atoms with van der Waals surface area (Å²) in [6.45, 7) is 4.63. The minimum absolute atomic E-state index is 0.0298. The summed E-state index contributed by atoms with van der Waals surface area (Å²) in [5, 5.41) is 2.76. The molecule has 0 bridgehead atoms. The fraction of sp³-hybridized carbons (Fsp3) is 0.800. The Balaban J connectivity index is 2.39. The first kappa shape index (κ1) is 12.0. The van der Waals surface area contributed by atoms with Crippen molar-refractivity contribution in [1.82, 2.24) is 10.2 Å². The van der Waals surface area contributed by atoms with Crippen molar-refractivity contribution >= 4 is 11.8 Å². The second-order valence-corrected chi connectivity index (χ2v) is 4.88. The van der Waals surface area contributed by atoms with Gasteiger partial charge in [-0.15, -0.1) is 0 Å². The predicted molar refractivity (Wildman–Crippen MR) is 57.0 cm³/mol. The highest BCUT2D eigenvalue weighted by Crippen LogP contribution is 2.15. The largest absolute Gasteiger partial charge is 0.354 e. The molecule has 86 valence electrons. The summed E-state index contributed by atoms with van der Waals surface area (Å²) in [5.41, 5.74) is 5.33. The van der Waals surface area contributed by atoms with Gasteiger partial charge in [0.2, 0.25) is 11.8 Å². The SMILES string of the molecule is CN1CC(C(=O)NCC(C)(C)N)CC1=O. The molecule has 1 fully saturated rings. The summed E-state index contributed by atoms with van der Waals surface area (Å²) in [4.78, 5) is 24.4. The molecule has 1 atom stereocenters. The lowest BCUT2D eigenvalue weighted by molar-refractivity contribution is -0.128. The van der Waals surface area contributed by atoms with Crippen LogP contribution in [0.5, 0.6) is 0 Å². The first-order chi connectivity index (χ1) is 6.79. The quantitative estimate of drug-likeness (QED) is 0.652. The number of amides is 2. The van der Waals surface area contributed by atoms with E-state index in [0.717, 1.165) is 0 Å². The van der Waals surface area contributed by atoms with Crippen LogP contribution >= 0.6 is 0 Å². The Morgan fingerprint density at radius 2 is 2.27 bits per heavy atom. The lowest BCUT2D eigenvalue weighted by atomic mass is 10.1. The van der Waals surface area contributed by atoms with E-state index in [1.807, 2.05) is 13.8 Å². The van der Waals surface area contributed by atoms with E-state index in [9.17, 15) is 9.59 Å². The summed E-state index contributed by atoms with van der Waals surface area (Å²) in [6.07, 6.45) is 0.313. The number of hydrogen-bond donors (Lipinski definition) is 2. The molecule has 1 aliphatic rings. The number of likely N-dealkylation sites (tertiary alicyclic amines) is 1. The number of carbonyl (C=O) groups excluding carboxylic acids is 2. The molecule has 15 heavy (non-hydrogen) atoms. The van der Waals surface area contributed by atoms with Crippen LogP contribution in [0.15, 0.2) is 0 Å². The average Bonchev–Trinajstić information content (AvgIpc) is 2.42. The van der Waals surface area contributed by atoms with Gasteiger partial charge < -0.3 is 16.0 Å². The van der Waals surface area contributed by atoms with Gasteiger partial charge in [-0.3, -0.25) is 9.59 Å². The molecule has 0 aliphatic carbocycles. The van der Waals surface area contributed by atoms with E-state index in [4.69, 9.17) is 5.73 Å². The Bertz CT molecular complexity index is 270. The highest BCUT2D eigenvalue weighted by molar-refractivity contribution is 5.89. The van der Waals surface area contributed by atoms with Gasteiger partial charge in [-0.05, 0) is 13.8 Å². The monoisotopic (exact) mass is 213 g/mol. The van der Waals surface area contributed by atoms with Crippen LogP contribution in [0, 0.1) is 5.92 Å². The molecule has 1 rings (SSSR count). The average molecular weight is 213 g/mol. The fourth-order valence-corrected chi connectivity index (χ4v) is 1.50. The van der Waals surface area contributed by atoms with Gasteiger partial charge in [0.1, 0.15) is 0 Å². The zero-order chi connectivity index (χ0) is 11.6. The molecular formula is C10H19N3O2. The van der Waals surface area contributed by atoms with Crippen molar-refractivity contribution in [2.24, 2.45) is 11.7 Å². The molecule has 5 heteroatoms. The second-order valence-electron chi connectivity index (χ2n) is 4.88. The zero-order valence-electron chi connectivity index (χ0n) is 9.54. The van der Waals surface area contributed by atoms with Crippen LogP contribution < -0.4 is 11.1 Å². The lowest BCUT2D eigenvalue weighted by Crippen LogP contribution is -2.46. The predicted octanol–water partition coefficient (Wildman–Crippen LogP) is -0.682. The second kappa shape index (κ2) is 4.18. The van der Waals surface area contributed by atoms with E-state index in [-0.39, 0.29) is 17.7 Å². The number of nitrogens with zero attached hydrogens (tertiary/aromatic N) is 1. The normalized spacial score (nSPS) is 22.0. The maximum atomic E-state index is 11.6. The molecule has 1 saturated heterocycles. The van der Waals surface area contributed by atoms with Crippen molar-refractivity contribution in [2.45, 2.75) is 25.8 Å². The maximum Gasteiger partial charge on any atom is 0.225 e. The van der Waals surface area contributed by atoms with Crippen LogP contribution in [-0.4, -0.2) is 42.4 Å². The summed E-state index contributed by atoms with van der Waals surface area (Å²) >= 11 is 0. The van der Waals surface area contributed by atoms with Gasteiger partial charge in [0.25, 0.3) is 0 Å². The molecule has 1 heterocycles. The van der Waals surface area contributed by atoms with Gasteiger partial charge in [-0.25, -0.2) is 0 Å². The van der Waals surface area contributed by atoms with E-state index in [2.05, 4.69) is 5.32 Å². The first-order valence-electron chi connectivity index (χ1n) is 5.10. The van der Waals surface area contributed by atoms with Gasteiger partial charge in [0.05, 0.1) is 5.92 Å².